The summed E-state index contributed by atoms with van der Waals surface area (Å²) in [7, 11) is 2.20. The molecule has 0 aliphatic carbocycles. The minimum atomic E-state index is 0.0595. The lowest BCUT2D eigenvalue weighted by Crippen LogP contribution is -2.48. The van der Waals surface area contributed by atoms with Gasteiger partial charge in [0.25, 0.3) is 0 Å². The van der Waals surface area contributed by atoms with Gasteiger partial charge in [-0.25, -0.2) is 4.79 Å². The molecule has 5 nitrogen and oxygen atoms in total. The van der Waals surface area contributed by atoms with E-state index in [1.165, 1.54) is 38.3 Å². The van der Waals surface area contributed by atoms with Crippen LogP contribution in [0.25, 0.3) is 0 Å². The van der Waals surface area contributed by atoms with Gasteiger partial charge < -0.3 is 20.0 Å². The summed E-state index contributed by atoms with van der Waals surface area (Å²) in [5.74, 6) is 1.12. The molecule has 1 aromatic rings. The summed E-state index contributed by atoms with van der Waals surface area (Å²) in [5, 5.41) is 3.20. The molecule has 2 heterocycles. The first kappa shape index (κ1) is 20.2. The lowest BCUT2D eigenvalue weighted by Gasteiger charge is -2.38. The van der Waals surface area contributed by atoms with Crippen LogP contribution in [0.4, 0.5) is 10.5 Å². The summed E-state index contributed by atoms with van der Waals surface area (Å²) in [5.41, 5.74) is 3.35. The van der Waals surface area contributed by atoms with Crippen molar-refractivity contribution in [2.45, 2.75) is 39.5 Å². The monoisotopic (exact) mass is 372 g/mol. The Kier molecular flexibility index (Phi) is 6.77. The summed E-state index contributed by atoms with van der Waals surface area (Å²) in [6.07, 6.45) is 2.23. The van der Waals surface area contributed by atoms with Gasteiger partial charge >= 0.3 is 6.03 Å². The molecular weight excluding hydrogens is 336 g/mol. The highest BCUT2D eigenvalue weighted by atomic mass is 16.2. The fourth-order valence-corrected chi connectivity index (χ4v) is 4.24. The molecule has 0 spiro atoms. The fraction of sp³-hybridized carbons (Fsp3) is 0.682. The van der Waals surface area contributed by atoms with Crippen molar-refractivity contribution in [3.63, 3.8) is 0 Å². The lowest BCUT2D eigenvalue weighted by molar-refractivity contribution is 0.113. The van der Waals surface area contributed by atoms with Crippen molar-refractivity contribution < 1.29 is 4.79 Å². The average Bonchev–Trinajstić information content (AvgIpc) is 2.65. The van der Waals surface area contributed by atoms with Gasteiger partial charge in [0.1, 0.15) is 0 Å². The van der Waals surface area contributed by atoms with E-state index in [0.29, 0.717) is 5.92 Å². The molecule has 1 N–H and O–H groups in total. The van der Waals surface area contributed by atoms with Gasteiger partial charge in [-0.05, 0) is 49.8 Å². The highest BCUT2D eigenvalue weighted by molar-refractivity contribution is 5.91. The maximum atomic E-state index is 12.8. The van der Waals surface area contributed by atoms with E-state index in [1.54, 1.807) is 0 Å². The van der Waals surface area contributed by atoms with Crippen molar-refractivity contribution in [2.75, 3.05) is 58.2 Å². The topological polar surface area (TPSA) is 38.8 Å². The molecule has 2 aliphatic heterocycles. The second kappa shape index (κ2) is 9.07. The first-order chi connectivity index (χ1) is 12.9. The Hall–Kier alpha value is -1.59. The fourth-order valence-electron chi connectivity index (χ4n) is 4.24. The summed E-state index contributed by atoms with van der Waals surface area (Å²) in [6, 6.07) is 6.33. The van der Waals surface area contributed by atoms with Crippen LogP contribution in [0.5, 0.6) is 0 Å². The third kappa shape index (κ3) is 5.23. The molecule has 5 heteroatoms. The summed E-state index contributed by atoms with van der Waals surface area (Å²) < 4.78 is 0. The molecule has 2 saturated heterocycles. The molecule has 0 aromatic heterocycles. The number of hydrogen-bond acceptors (Lipinski definition) is 3. The first-order valence-electron chi connectivity index (χ1n) is 10.5. The summed E-state index contributed by atoms with van der Waals surface area (Å²) >= 11 is 0. The number of anilines is 1. The first-order valence-corrected chi connectivity index (χ1v) is 10.5. The van der Waals surface area contributed by atoms with E-state index in [-0.39, 0.29) is 6.03 Å². The van der Waals surface area contributed by atoms with Crippen LogP contribution < -0.4 is 5.32 Å². The number of likely N-dealkylation sites (tertiary alicyclic amines) is 1. The van der Waals surface area contributed by atoms with Crippen molar-refractivity contribution in [1.29, 1.82) is 0 Å². The zero-order chi connectivity index (χ0) is 19.4. The number of nitrogens with one attached hydrogen (secondary N) is 1. The number of nitrogens with zero attached hydrogens (tertiary/aromatic N) is 3. The third-order valence-corrected chi connectivity index (χ3v) is 6.17. The molecule has 0 saturated carbocycles. The molecule has 0 bridgehead atoms. The van der Waals surface area contributed by atoms with E-state index in [2.05, 4.69) is 61.1 Å². The Morgan fingerprint density at radius 3 is 2.41 bits per heavy atom. The Morgan fingerprint density at radius 2 is 1.78 bits per heavy atom. The van der Waals surface area contributed by atoms with E-state index in [4.69, 9.17) is 0 Å². The number of amides is 2. The number of carbonyl (C=O) groups excluding carboxylic acids is 1. The van der Waals surface area contributed by atoms with Crippen LogP contribution in [0.1, 0.15) is 43.7 Å². The predicted octanol–water partition coefficient (Wildman–Crippen LogP) is 3.61. The number of para-hydroxylation sites is 1. The highest BCUT2D eigenvalue weighted by Gasteiger charge is 2.26. The molecule has 2 fully saturated rings. The Morgan fingerprint density at radius 1 is 1.11 bits per heavy atom. The van der Waals surface area contributed by atoms with Crippen LogP contribution in [0, 0.1) is 12.8 Å². The van der Waals surface area contributed by atoms with Crippen LogP contribution in [-0.4, -0.2) is 73.6 Å². The largest absolute Gasteiger partial charge is 0.325 e. The van der Waals surface area contributed by atoms with Crippen LogP contribution >= 0.6 is 0 Å². The summed E-state index contributed by atoms with van der Waals surface area (Å²) in [4.78, 5) is 19.8. The number of piperazine rings is 1. The van der Waals surface area contributed by atoms with Crippen LogP contribution in [0.3, 0.4) is 0 Å². The van der Waals surface area contributed by atoms with E-state index in [9.17, 15) is 4.79 Å². The zero-order valence-electron chi connectivity index (χ0n) is 17.5. The molecule has 0 unspecified atom stereocenters. The number of hydrogen-bond donors (Lipinski definition) is 1. The van der Waals surface area contributed by atoms with Gasteiger partial charge in [-0.2, -0.15) is 0 Å². The quantitative estimate of drug-likeness (QED) is 0.877. The van der Waals surface area contributed by atoms with Gasteiger partial charge in [-0.1, -0.05) is 32.0 Å². The smallest absolute Gasteiger partial charge is 0.321 e. The normalized spacial score (nSPS) is 20.3. The number of likely N-dealkylation sites (N-methyl/N-ethyl adjacent to an activating group) is 1. The van der Waals surface area contributed by atoms with Crippen molar-refractivity contribution >= 4 is 11.7 Å². The number of urea groups is 1. The van der Waals surface area contributed by atoms with Gasteiger partial charge in [-0.15, -0.1) is 0 Å². The van der Waals surface area contributed by atoms with Crippen molar-refractivity contribution in [1.82, 2.24) is 14.7 Å². The molecular formula is C22H36N4O. The van der Waals surface area contributed by atoms with Gasteiger partial charge in [0.15, 0.2) is 0 Å². The number of piperidine rings is 1. The Labute approximate surface area is 164 Å². The minimum Gasteiger partial charge on any atom is -0.325 e. The average molecular weight is 373 g/mol. The molecule has 1 aromatic carbocycles. The van der Waals surface area contributed by atoms with E-state index >= 15 is 0 Å². The van der Waals surface area contributed by atoms with Crippen molar-refractivity contribution in [2.24, 2.45) is 5.92 Å². The predicted molar refractivity (Wildman–Crippen MR) is 113 cm³/mol. The van der Waals surface area contributed by atoms with Gasteiger partial charge in [0.05, 0.1) is 0 Å². The van der Waals surface area contributed by atoms with Crippen molar-refractivity contribution in [3.8, 4) is 0 Å². The maximum absolute atomic E-state index is 12.8. The Bertz CT molecular complexity index is 629. The number of rotatable bonds is 4. The number of aryl methyl sites for hydroxylation is 1. The molecule has 0 radical (unpaired) electrons. The maximum Gasteiger partial charge on any atom is 0.321 e. The second-order valence-electron chi connectivity index (χ2n) is 8.66. The van der Waals surface area contributed by atoms with E-state index < -0.39 is 0 Å². The zero-order valence-corrected chi connectivity index (χ0v) is 17.5. The molecule has 2 aliphatic rings. The molecule has 2 amide bonds. The number of benzene rings is 1. The lowest BCUT2D eigenvalue weighted by atomic mass is 9.96. The Balaban J connectivity index is 1.50. The molecule has 150 valence electrons. The van der Waals surface area contributed by atoms with Gasteiger partial charge in [-0.3, -0.25) is 0 Å². The van der Waals surface area contributed by atoms with E-state index in [0.717, 1.165) is 43.1 Å². The highest BCUT2D eigenvalue weighted by Crippen LogP contribution is 2.28. The third-order valence-electron chi connectivity index (χ3n) is 6.17. The standard InChI is InChI=1S/C22H36N4O/c1-17(2)20-7-5-6-18(3)21(20)23-22(27)26-10-8-19(9-11-26)16-25-14-12-24(4)13-15-25/h5-7,17,19H,8-16H2,1-4H3,(H,23,27). The summed E-state index contributed by atoms with van der Waals surface area (Å²) in [6.45, 7) is 14.1. The molecule has 27 heavy (non-hydrogen) atoms. The van der Waals surface area contributed by atoms with Gasteiger partial charge in [0, 0.05) is 51.5 Å². The van der Waals surface area contributed by atoms with Gasteiger partial charge in [0.2, 0.25) is 0 Å². The second-order valence-corrected chi connectivity index (χ2v) is 8.66. The van der Waals surface area contributed by atoms with Crippen molar-refractivity contribution in [3.05, 3.63) is 29.3 Å². The molecule has 0 atom stereocenters. The van der Waals surface area contributed by atoms with Crippen LogP contribution in [0.2, 0.25) is 0 Å². The molecule has 3 rings (SSSR count). The van der Waals surface area contributed by atoms with E-state index in [1.807, 2.05) is 4.90 Å². The number of carbonyl (C=O) groups is 1. The minimum absolute atomic E-state index is 0.0595. The SMILES string of the molecule is Cc1cccc(C(C)C)c1NC(=O)N1CCC(CN2CCN(C)CC2)CC1. The van der Waals surface area contributed by atoms with Crippen LogP contribution in [-0.2, 0) is 0 Å². The van der Waals surface area contributed by atoms with Crippen LogP contribution in [0.15, 0.2) is 18.2 Å².